The van der Waals surface area contributed by atoms with E-state index in [4.69, 9.17) is 27.9 Å². The number of ether oxygens (including phenoxy) is 1. The van der Waals surface area contributed by atoms with Gasteiger partial charge in [-0.2, -0.15) is 0 Å². The Balaban J connectivity index is 2.11. The van der Waals surface area contributed by atoms with E-state index >= 15 is 0 Å². The minimum absolute atomic E-state index is 0.386. The first-order valence-corrected chi connectivity index (χ1v) is 8.83. The number of esters is 1. The third kappa shape index (κ3) is 3.11. The van der Waals surface area contributed by atoms with Crippen LogP contribution in [0.3, 0.4) is 0 Å². The zero-order valence-corrected chi connectivity index (χ0v) is 16.1. The van der Waals surface area contributed by atoms with Gasteiger partial charge in [-0.05, 0) is 29.8 Å². The van der Waals surface area contributed by atoms with Crippen molar-refractivity contribution < 1.29 is 18.7 Å². The number of halogens is 3. The molecule has 1 saturated heterocycles. The molecule has 3 rings (SSSR count). The first kappa shape index (κ1) is 19.4. The summed E-state index contributed by atoms with van der Waals surface area (Å²) < 4.78 is 18.2. The number of hydrogen-bond donors (Lipinski definition) is 0. The van der Waals surface area contributed by atoms with Crippen molar-refractivity contribution in [1.82, 2.24) is 4.90 Å². The highest BCUT2D eigenvalue weighted by Gasteiger charge is 2.64. The van der Waals surface area contributed by atoms with Gasteiger partial charge in [-0.25, -0.2) is 4.39 Å². The number of methoxy groups -OCH3 is 1. The normalized spacial score (nSPS) is 22.0. The fourth-order valence-electron chi connectivity index (χ4n) is 3.38. The largest absolute Gasteiger partial charge is 0.468 e. The van der Waals surface area contributed by atoms with Gasteiger partial charge in [0.05, 0.1) is 13.2 Å². The highest BCUT2D eigenvalue weighted by Crippen LogP contribution is 2.51. The number of amides is 1. The fraction of sp³-hybridized carbons (Fsp3) is 0.200. The van der Waals surface area contributed by atoms with Gasteiger partial charge in [0.1, 0.15) is 5.82 Å². The van der Waals surface area contributed by atoms with E-state index in [2.05, 4.69) is 0 Å². The van der Waals surface area contributed by atoms with Crippen molar-refractivity contribution >= 4 is 41.2 Å². The van der Waals surface area contributed by atoms with Crippen LogP contribution in [0.15, 0.2) is 48.5 Å². The molecule has 0 saturated carbocycles. The Morgan fingerprint density at radius 1 is 1.19 bits per heavy atom. The standard InChI is InChI=1S/C20H16Cl2FNO3/c1-24-17(12-6-8-13(23)9-7-12)20(18(24)25,19(26)27-2)11-10-14-15(21)4-3-5-16(14)22/h3-11,17H,1-2H3/b11-10+/t17-,20+/m1/s1. The molecular formula is C20H16Cl2FNO3. The van der Waals surface area contributed by atoms with Gasteiger partial charge in [-0.15, -0.1) is 0 Å². The molecule has 7 heteroatoms. The topological polar surface area (TPSA) is 46.6 Å². The molecule has 4 nitrogen and oxygen atoms in total. The van der Waals surface area contributed by atoms with Gasteiger partial charge in [0.25, 0.3) is 0 Å². The minimum atomic E-state index is -1.58. The quantitative estimate of drug-likeness (QED) is 0.425. The van der Waals surface area contributed by atoms with Crippen molar-refractivity contribution in [2.45, 2.75) is 6.04 Å². The second-order valence-corrected chi connectivity index (χ2v) is 7.01. The first-order valence-electron chi connectivity index (χ1n) is 8.07. The third-order valence-electron chi connectivity index (χ3n) is 4.71. The van der Waals surface area contributed by atoms with Crippen molar-refractivity contribution in [3.63, 3.8) is 0 Å². The summed E-state index contributed by atoms with van der Waals surface area (Å²) in [4.78, 5) is 26.8. The Hall–Kier alpha value is -2.37. The van der Waals surface area contributed by atoms with Crippen molar-refractivity contribution in [3.05, 3.63) is 75.5 Å². The lowest BCUT2D eigenvalue weighted by molar-refractivity contribution is -0.180. The molecule has 0 spiro atoms. The summed E-state index contributed by atoms with van der Waals surface area (Å²) in [6, 6.07) is 10.0. The van der Waals surface area contributed by atoms with Crippen LogP contribution in [0.5, 0.6) is 0 Å². The first-order chi connectivity index (χ1) is 12.8. The molecule has 0 bridgehead atoms. The maximum atomic E-state index is 13.3. The van der Waals surface area contributed by atoms with Gasteiger partial charge in [0, 0.05) is 22.7 Å². The second-order valence-electron chi connectivity index (χ2n) is 6.20. The predicted molar refractivity (Wildman–Crippen MR) is 102 cm³/mol. The van der Waals surface area contributed by atoms with Crippen LogP contribution < -0.4 is 0 Å². The zero-order valence-electron chi connectivity index (χ0n) is 14.6. The lowest BCUT2D eigenvalue weighted by Gasteiger charge is -2.51. The second kappa shape index (κ2) is 7.33. The van der Waals surface area contributed by atoms with Crippen LogP contribution in [0, 0.1) is 11.2 Å². The Labute approximate surface area is 166 Å². The Kier molecular flexibility index (Phi) is 5.27. The van der Waals surface area contributed by atoms with Crippen LogP contribution >= 0.6 is 23.2 Å². The molecule has 1 aliphatic heterocycles. The van der Waals surface area contributed by atoms with E-state index in [0.29, 0.717) is 21.2 Å². The van der Waals surface area contributed by atoms with E-state index in [1.54, 1.807) is 31.3 Å². The van der Waals surface area contributed by atoms with Crippen LogP contribution in [0.1, 0.15) is 17.2 Å². The Morgan fingerprint density at radius 3 is 2.33 bits per heavy atom. The van der Waals surface area contributed by atoms with Gasteiger partial charge in [0.15, 0.2) is 5.41 Å². The summed E-state index contributed by atoms with van der Waals surface area (Å²) >= 11 is 12.4. The number of benzene rings is 2. The van der Waals surface area contributed by atoms with Crippen LogP contribution in [0.25, 0.3) is 6.08 Å². The number of rotatable bonds is 4. The summed E-state index contributed by atoms with van der Waals surface area (Å²) in [6.45, 7) is 0. The van der Waals surface area contributed by atoms with Crippen molar-refractivity contribution in [2.24, 2.45) is 5.41 Å². The van der Waals surface area contributed by atoms with E-state index in [0.717, 1.165) is 0 Å². The minimum Gasteiger partial charge on any atom is -0.468 e. The lowest BCUT2D eigenvalue weighted by atomic mass is 9.67. The lowest BCUT2D eigenvalue weighted by Crippen LogP contribution is -2.64. The third-order valence-corrected chi connectivity index (χ3v) is 5.37. The average molecular weight is 408 g/mol. The van der Waals surface area contributed by atoms with E-state index in [1.165, 1.54) is 42.4 Å². The van der Waals surface area contributed by atoms with Crippen LogP contribution in [-0.4, -0.2) is 30.9 Å². The molecular weight excluding hydrogens is 392 g/mol. The number of hydrogen-bond acceptors (Lipinski definition) is 3. The number of β-lactam (4-membered cyclic amide) rings is 1. The van der Waals surface area contributed by atoms with Gasteiger partial charge in [-0.1, -0.05) is 53.6 Å². The van der Waals surface area contributed by atoms with E-state index in [9.17, 15) is 14.0 Å². The molecule has 0 N–H and O–H groups in total. The van der Waals surface area contributed by atoms with Crippen molar-refractivity contribution in [2.75, 3.05) is 14.2 Å². The maximum Gasteiger partial charge on any atom is 0.327 e. The highest BCUT2D eigenvalue weighted by atomic mass is 35.5. The van der Waals surface area contributed by atoms with E-state index in [-0.39, 0.29) is 0 Å². The van der Waals surface area contributed by atoms with Crippen LogP contribution in [0.4, 0.5) is 4.39 Å². The zero-order chi connectivity index (χ0) is 19.8. The molecule has 0 unspecified atom stereocenters. The molecule has 1 aliphatic rings. The SMILES string of the molecule is COC(=O)[C@]1(/C=C/c2c(Cl)cccc2Cl)C(=O)N(C)[C@@H]1c1ccc(F)cc1. The van der Waals surface area contributed by atoms with Gasteiger partial charge < -0.3 is 9.64 Å². The molecule has 27 heavy (non-hydrogen) atoms. The summed E-state index contributed by atoms with van der Waals surface area (Å²) in [6.07, 6.45) is 3.01. The smallest absolute Gasteiger partial charge is 0.327 e. The van der Waals surface area contributed by atoms with E-state index < -0.39 is 29.2 Å². The molecule has 1 heterocycles. The number of nitrogens with zero attached hydrogens (tertiary/aromatic N) is 1. The van der Waals surface area contributed by atoms with Crippen LogP contribution in [0.2, 0.25) is 10.0 Å². The highest BCUT2D eigenvalue weighted by molar-refractivity contribution is 6.37. The molecule has 2 aromatic carbocycles. The molecule has 1 amide bonds. The molecule has 0 aromatic heterocycles. The molecule has 0 radical (unpaired) electrons. The van der Waals surface area contributed by atoms with Gasteiger partial charge >= 0.3 is 5.97 Å². The molecule has 2 atom stereocenters. The predicted octanol–water partition coefficient (Wildman–Crippen LogP) is 4.52. The molecule has 1 fully saturated rings. The van der Waals surface area contributed by atoms with Crippen molar-refractivity contribution in [1.29, 1.82) is 0 Å². The molecule has 140 valence electrons. The summed E-state index contributed by atoms with van der Waals surface area (Å²) in [5.74, 6) is -1.54. The van der Waals surface area contributed by atoms with E-state index in [1.807, 2.05) is 0 Å². The molecule has 0 aliphatic carbocycles. The Morgan fingerprint density at radius 2 is 1.78 bits per heavy atom. The summed E-state index contributed by atoms with van der Waals surface area (Å²) in [5.41, 5.74) is -0.479. The van der Waals surface area contributed by atoms with Gasteiger partial charge in [0.2, 0.25) is 5.91 Å². The fourth-order valence-corrected chi connectivity index (χ4v) is 3.90. The summed E-state index contributed by atoms with van der Waals surface area (Å²) in [5, 5.41) is 0.773. The van der Waals surface area contributed by atoms with Crippen LogP contribution in [-0.2, 0) is 14.3 Å². The number of carbonyl (C=O) groups excluding carboxylic acids is 2. The number of carbonyl (C=O) groups is 2. The number of likely N-dealkylation sites (tertiary alicyclic amines) is 1. The maximum absolute atomic E-state index is 13.3. The monoisotopic (exact) mass is 407 g/mol. The average Bonchev–Trinajstić information content (AvgIpc) is 2.66. The molecule has 2 aromatic rings. The van der Waals surface area contributed by atoms with Gasteiger partial charge in [-0.3, -0.25) is 9.59 Å². The summed E-state index contributed by atoms with van der Waals surface area (Å²) in [7, 11) is 2.79. The van der Waals surface area contributed by atoms with Crippen molar-refractivity contribution in [3.8, 4) is 0 Å². The Bertz CT molecular complexity index is 899.